The predicted molar refractivity (Wildman–Crippen MR) is 107 cm³/mol. The fourth-order valence-corrected chi connectivity index (χ4v) is 4.28. The van der Waals surface area contributed by atoms with Gasteiger partial charge >= 0.3 is 11.9 Å². The number of rotatable bonds is 3. The van der Waals surface area contributed by atoms with E-state index in [9.17, 15) is 24.3 Å². The van der Waals surface area contributed by atoms with Crippen molar-refractivity contribution in [3.8, 4) is 5.75 Å². The van der Waals surface area contributed by atoms with Gasteiger partial charge in [0.1, 0.15) is 23.3 Å². The number of hydrogen-bond donors (Lipinski definition) is 2. The Morgan fingerprint density at radius 1 is 1.26 bits per heavy atom. The first-order chi connectivity index (χ1) is 14.7. The van der Waals surface area contributed by atoms with Crippen molar-refractivity contribution in [1.82, 2.24) is 4.57 Å². The second-order valence-electron chi connectivity index (χ2n) is 7.27. The van der Waals surface area contributed by atoms with E-state index >= 15 is 0 Å². The monoisotopic (exact) mass is 425 g/mol. The van der Waals surface area contributed by atoms with E-state index in [1.54, 1.807) is 31.2 Å². The smallest absolute Gasteiger partial charge is 0.340 e. The number of hydrogen-bond acceptors (Lipinski definition) is 7. The molecule has 0 fully saturated rings. The van der Waals surface area contributed by atoms with E-state index in [0.717, 1.165) is 12.0 Å². The average Bonchev–Trinajstić information content (AvgIpc) is 2.95. The Labute approximate surface area is 176 Å². The van der Waals surface area contributed by atoms with Gasteiger partial charge in [-0.3, -0.25) is 19.3 Å². The zero-order chi connectivity index (χ0) is 22.7. The normalized spacial score (nSPS) is 19.2. The lowest BCUT2D eigenvalue weighted by Crippen LogP contribution is -2.52. The maximum Gasteiger partial charge on any atom is 0.340 e. The first kappa shape index (κ1) is 20.2. The molecule has 31 heavy (non-hydrogen) atoms. The summed E-state index contributed by atoms with van der Waals surface area (Å²) in [5.74, 6) is -3.41. The largest absolute Gasteiger partial charge is 0.480 e. The van der Waals surface area contributed by atoms with Crippen molar-refractivity contribution in [3.05, 3.63) is 69.0 Å². The summed E-state index contributed by atoms with van der Waals surface area (Å²) in [7, 11) is 2.63. The molecule has 3 N–H and O–H groups in total. The number of aromatic nitrogens is 1. The topological polar surface area (TPSA) is 141 Å². The second-order valence-corrected chi connectivity index (χ2v) is 7.27. The van der Waals surface area contributed by atoms with E-state index in [1.165, 1.54) is 17.7 Å². The minimum absolute atomic E-state index is 0.0195. The summed E-state index contributed by atoms with van der Waals surface area (Å²) < 4.78 is 11.8. The Morgan fingerprint density at radius 3 is 2.58 bits per heavy atom. The Balaban J connectivity index is 2.21. The van der Waals surface area contributed by atoms with Crippen LogP contribution in [-0.4, -0.2) is 41.2 Å². The molecule has 0 radical (unpaired) electrons. The minimum Gasteiger partial charge on any atom is -0.480 e. The zero-order valence-corrected chi connectivity index (χ0v) is 17.0. The number of anilines is 1. The van der Waals surface area contributed by atoms with Crippen LogP contribution in [0, 0.1) is 6.92 Å². The highest BCUT2D eigenvalue weighted by molar-refractivity contribution is 6.19. The van der Waals surface area contributed by atoms with E-state index in [4.69, 9.17) is 15.2 Å². The molecule has 10 nitrogen and oxygen atoms in total. The molecule has 1 amide bonds. The number of nitrogens with zero attached hydrogens (tertiary/aromatic N) is 2. The number of aliphatic carboxylic acids is 1. The third kappa shape index (κ3) is 2.51. The van der Waals surface area contributed by atoms with Crippen LogP contribution in [-0.2, 0) is 31.6 Å². The number of para-hydroxylation sites is 1. The van der Waals surface area contributed by atoms with Gasteiger partial charge < -0.3 is 24.9 Å². The number of aryl methyl sites for hydroxylation is 1. The predicted octanol–water partition coefficient (Wildman–Crippen LogP) is 0.147. The van der Waals surface area contributed by atoms with Gasteiger partial charge in [-0.15, -0.1) is 0 Å². The first-order valence-electron chi connectivity index (χ1n) is 9.27. The van der Waals surface area contributed by atoms with Crippen LogP contribution in [0.1, 0.15) is 16.8 Å². The van der Waals surface area contributed by atoms with Gasteiger partial charge in [-0.05, 0) is 13.0 Å². The number of carbonyl (C=O) groups is 3. The minimum atomic E-state index is -2.01. The van der Waals surface area contributed by atoms with Gasteiger partial charge in [0.05, 0.1) is 12.7 Å². The fraction of sp³-hybridized carbons (Fsp3) is 0.238. The summed E-state index contributed by atoms with van der Waals surface area (Å²) in [4.78, 5) is 52.7. The molecule has 1 atom stereocenters. The van der Waals surface area contributed by atoms with E-state index in [1.807, 2.05) is 0 Å². The molecule has 0 saturated heterocycles. The summed E-state index contributed by atoms with van der Waals surface area (Å²) in [6.07, 6.45) is 0. The van der Waals surface area contributed by atoms with Crippen molar-refractivity contribution >= 4 is 23.5 Å². The van der Waals surface area contributed by atoms with E-state index in [-0.39, 0.29) is 28.1 Å². The van der Waals surface area contributed by atoms with Crippen LogP contribution < -0.4 is 20.9 Å². The number of carboxylic acids is 1. The van der Waals surface area contributed by atoms with Gasteiger partial charge in [-0.2, -0.15) is 0 Å². The van der Waals surface area contributed by atoms with Gasteiger partial charge in [-0.1, -0.05) is 18.2 Å². The van der Waals surface area contributed by atoms with Gasteiger partial charge in [0.2, 0.25) is 11.8 Å². The summed E-state index contributed by atoms with van der Waals surface area (Å²) in [6.45, 7) is 1.00. The lowest BCUT2D eigenvalue weighted by molar-refractivity contribution is -0.138. The SMILES string of the molecule is COC(=O)C1=C(N)Oc2cc(C)n(C)c(=O)c2[C@@]12C(=O)N(CC(=O)O)c1ccccc12. The molecule has 1 aromatic heterocycles. The summed E-state index contributed by atoms with van der Waals surface area (Å²) in [5, 5.41) is 9.39. The van der Waals surface area contributed by atoms with Crippen molar-refractivity contribution in [1.29, 1.82) is 0 Å². The molecule has 0 saturated carbocycles. The van der Waals surface area contributed by atoms with Crippen LogP contribution >= 0.6 is 0 Å². The first-order valence-corrected chi connectivity index (χ1v) is 9.27. The molecule has 0 unspecified atom stereocenters. The number of esters is 1. The Morgan fingerprint density at radius 2 is 1.94 bits per heavy atom. The number of pyridine rings is 1. The number of fused-ring (bicyclic) bond motifs is 4. The molecule has 160 valence electrons. The number of nitrogens with two attached hydrogens (primary N) is 1. The molecule has 2 aromatic rings. The molecule has 1 aromatic carbocycles. The van der Waals surface area contributed by atoms with Crippen molar-refractivity contribution < 1.29 is 29.0 Å². The maximum absolute atomic E-state index is 13.9. The van der Waals surface area contributed by atoms with Crippen molar-refractivity contribution in [2.75, 3.05) is 18.6 Å². The quantitative estimate of drug-likeness (QED) is 0.662. The maximum atomic E-state index is 13.9. The Hall–Kier alpha value is -4.08. The number of ether oxygens (including phenoxy) is 2. The van der Waals surface area contributed by atoms with E-state index in [0.29, 0.717) is 5.69 Å². The highest BCUT2D eigenvalue weighted by Crippen LogP contribution is 2.54. The number of benzene rings is 1. The molecule has 10 heteroatoms. The number of amides is 1. The van der Waals surface area contributed by atoms with Gasteiger partial charge in [0, 0.05) is 30.1 Å². The van der Waals surface area contributed by atoms with Crippen LogP contribution in [0.15, 0.2) is 46.6 Å². The lowest BCUT2D eigenvalue weighted by atomic mass is 9.68. The van der Waals surface area contributed by atoms with Gasteiger partial charge in [0.25, 0.3) is 5.56 Å². The highest BCUT2D eigenvalue weighted by atomic mass is 16.5. The van der Waals surface area contributed by atoms with Crippen LogP contribution in [0.3, 0.4) is 0 Å². The Kier molecular flexibility index (Phi) is 4.38. The summed E-state index contributed by atoms with van der Waals surface area (Å²) >= 11 is 0. The third-order valence-electron chi connectivity index (χ3n) is 5.70. The number of methoxy groups -OCH3 is 1. The molecule has 4 rings (SSSR count). The molecule has 2 aliphatic heterocycles. The number of carboxylic acid groups (broad SMARTS) is 1. The lowest BCUT2D eigenvalue weighted by Gasteiger charge is -2.35. The standard InChI is InChI=1S/C21H19N3O7/c1-10-8-13-15(18(27)23(10)2)21(16(17(22)31-13)19(28)30-3)11-6-4-5-7-12(11)24(20(21)29)9-14(25)26/h4-8H,9,22H2,1-3H3,(H,25,26)/t21-/m1/s1. The summed E-state index contributed by atoms with van der Waals surface area (Å²) in [6, 6.07) is 7.88. The molecule has 0 aliphatic carbocycles. The van der Waals surface area contributed by atoms with Crippen LogP contribution in [0.5, 0.6) is 5.75 Å². The average molecular weight is 425 g/mol. The van der Waals surface area contributed by atoms with E-state index in [2.05, 4.69) is 0 Å². The van der Waals surface area contributed by atoms with Crippen molar-refractivity contribution in [2.45, 2.75) is 12.3 Å². The molecule has 3 heterocycles. The van der Waals surface area contributed by atoms with Crippen molar-refractivity contribution in [3.63, 3.8) is 0 Å². The molecular weight excluding hydrogens is 406 g/mol. The van der Waals surface area contributed by atoms with Gasteiger partial charge in [-0.25, -0.2) is 4.79 Å². The fourth-order valence-electron chi connectivity index (χ4n) is 4.28. The van der Waals surface area contributed by atoms with E-state index < -0.39 is 41.2 Å². The van der Waals surface area contributed by atoms with Crippen molar-refractivity contribution in [2.24, 2.45) is 12.8 Å². The highest BCUT2D eigenvalue weighted by Gasteiger charge is 2.62. The zero-order valence-electron chi connectivity index (χ0n) is 17.0. The third-order valence-corrected chi connectivity index (χ3v) is 5.70. The van der Waals surface area contributed by atoms with Crippen LogP contribution in [0.25, 0.3) is 0 Å². The van der Waals surface area contributed by atoms with Gasteiger partial charge in [0.15, 0.2) is 0 Å². The molecular formula is C21H19N3O7. The number of carbonyl (C=O) groups excluding carboxylic acids is 2. The second kappa shape index (κ2) is 6.73. The van der Waals surface area contributed by atoms with Crippen LogP contribution in [0.2, 0.25) is 0 Å². The molecule has 0 bridgehead atoms. The molecule has 1 spiro atoms. The molecule has 2 aliphatic rings. The summed E-state index contributed by atoms with van der Waals surface area (Å²) in [5.41, 5.74) is 4.04. The van der Waals surface area contributed by atoms with Crippen LogP contribution in [0.4, 0.5) is 5.69 Å². The Bertz CT molecular complexity index is 1260.